The van der Waals surface area contributed by atoms with Crippen LogP contribution in [0.5, 0.6) is 0 Å². The third-order valence-electron chi connectivity index (χ3n) is 3.16. The summed E-state index contributed by atoms with van der Waals surface area (Å²) >= 11 is 0.415. The Hall–Kier alpha value is -1.89. The molecule has 0 fully saturated rings. The van der Waals surface area contributed by atoms with Gasteiger partial charge >= 0.3 is 0 Å². The first-order chi connectivity index (χ1) is 10.5. The molecule has 0 aliphatic rings. The fourth-order valence-electron chi connectivity index (χ4n) is 2.08. The van der Waals surface area contributed by atoms with E-state index in [1.807, 2.05) is 6.92 Å². The molecule has 1 aromatic heterocycles. The van der Waals surface area contributed by atoms with Crippen LogP contribution < -0.4 is 5.32 Å². The van der Waals surface area contributed by atoms with Crippen LogP contribution in [0, 0.1) is 13.8 Å². The molecule has 0 aliphatic carbocycles. The number of alkyl halides is 2. The lowest BCUT2D eigenvalue weighted by atomic mass is 10.1. The van der Waals surface area contributed by atoms with E-state index in [4.69, 9.17) is 4.52 Å². The molecule has 0 unspecified atom stereocenters. The second-order valence-corrected chi connectivity index (χ2v) is 5.76. The average molecular weight is 326 g/mol. The Labute approximate surface area is 131 Å². The monoisotopic (exact) mass is 326 g/mol. The van der Waals surface area contributed by atoms with E-state index in [0.717, 1.165) is 11.3 Å². The smallest absolute Gasteiger partial charge is 0.288 e. The van der Waals surface area contributed by atoms with Crippen LogP contribution in [-0.4, -0.2) is 16.8 Å². The number of carbonyl (C=O) groups is 1. The first-order valence-corrected chi connectivity index (χ1v) is 7.60. The van der Waals surface area contributed by atoms with Crippen LogP contribution in [0.25, 0.3) is 0 Å². The van der Waals surface area contributed by atoms with Crippen molar-refractivity contribution >= 4 is 23.4 Å². The second-order valence-electron chi connectivity index (χ2n) is 4.73. The standard InChI is InChI=1S/C15H16F2N2O2S/c1-9-11(10(2)21-19-9)7-8-14(20)18-12-5-3-4-6-13(12)22-15(16)17/h3-6,15H,7-8H2,1-2H3,(H,18,20). The van der Waals surface area contributed by atoms with Crippen molar-refractivity contribution in [1.82, 2.24) is 5.16 Å². The summed E-state index contributed by atoms with van der Waals surface area (Å²) in [6.07, 6.45) is 0.730. The number of carbonyl (C=O) groups excluding carboxylic acids is 1. The highest BCUT2D eigenvalue weighted by Crippen LogP contribution is 2.31. The van der Waals surface area contributed by atoms with Gasteiger partial charge in [-0.25, -0.2) is 0 Å². The van der Waals surface area contributed by atoms with Gasteiger partial charge in [-0.2, -0.15) is 8.78 Å². The van der Waals surface area contributed by atoms with Crippen LogP contribution in [0.15, 0.2) is 33.7 Å². The molecule has 4 nitrogen and oxygen atoms in total. The second kappa shape index (κ2) is 7.40. The lowest BCUT2D eigenvalue weighted by Gasteiger charge is -2.10. The lowest BCUT2D eigenvalue weighted by Crippen LogP contribution is -2.13. The Bertz CT molecular complexity index is 639. The van der Waals surface area contributed by atoms with E-state index in [2.05, 4.69) is 10.5 Å². The number of hydrogen-bond donors (Lipinski definition) is 1. The van der Waals surface area contributed by atoms with E-state index in [1.54, 1.807) is 31.2 Å². The summed E-state index contributed by atoms with van der Waals surface area (Å²) in [5.41, 5.74) is 2.07. The predicted molar refractivity (Wildman–Crippen MR) is 81.2 cm³/mol. The van der Waals surface area contributed by atoms with Gasteiger partial charge in [0.15, 0.2) is 0 Å². The summed E-state index contributed by atoms with van der Waals surface area (Å²) in [4.78, 5) is 12.4. The Morgan fingerprint density at radius 2 is 2.09 bits per heavy atom. The van der Waals surface area contributed by atoms with Gasteiger partial charge in [-0.15, -0.1) is 0 Å². The number of thioether (sulfide) groups is 1. The van der Waals surface area contributed by atoms with E-state index in [1.165, 1.54) is 0 Å². The summed E-state index contributed by atoms with van der Waals surface area (Å²) in [5, 5.41) is 6.50. The highest BCUT2D eigenvalue weighted by Gasteiger charge is 2.14. The van der Waals surface area contributed by atoms with Crippen molar-refractivity contribution in [2.75, 3.05) is 5.32 Å². The lowest BCUT2D eigenvalue weighted by molar-refractivity contribution is -0.116. The topological polar surface area (TPSA) is 55.1 Å². The van der Waals surface area contributed by atoms with Gasteiger partial charge in [0.2, 0.25) is 5.91 Å². The molecule has 2 rings (SSSR count). The minimum atomic E-state index is -2.53. The van der Waals surface area contributed by atoms with Gasteiger partial charge < -0.3 is 9.84 Å². The van der Waals surface area contributed by atoms with Crippen molar-refractivity contribution in [1.29, 1.82) is 0 Å². The number of rotatable bonds is 6. The number of aromatic nitrogens is 1. The number of anilines is 1. The first kappa shape index (κ1) is 16.5. The fraction of sp³-hybridized carbons (Fsp3) is 0.333. The number of nitrogens with one attached hydrogen (secondary N) is 1. The van der Waals surface area contributed by atoms with Crippen LogP contribution in [0.4, 0.5) is 14.5 Å². The summed E-state index contributed by atoms with van der Waals surface area (Å²) in [7, 11) is 0. The number of nitrogens with zero attached hydrogens (tertiary/aromatic N) is 1. The minimum Gasteiger partial charge on any atom is -0.361 e. The molecule has 1 aromatic carbocycles. The third-order valence-corrected chi connectivity index (χ3v) is 3.95. The molecular weight excluding hydrogens is 310 g/mol. The van der Waals surface area contributed by atoms with Crippen LogP contribution in [0.1, 0.15) is 23.4 Å². The van der Waals surface area contributed by atoms with Gasteiger partial charge in [-0.05, 0) is 32.4 Å². The average Bonchev–Trinajstić information content (AvgIpc) is 2.77. The molecule has 0 bridgehead atoms. The molecule has 1 amide bonds. The summed E-state index contributed by atoms with van der Waals surface area (Å²) in [6.45, 7) is 3.61. The summed E-state index contributed by atoms with van der Waals surface area (Å²) in [6, 6.07) is 6.52. The van der Waals surface area contributed by atoms with Crippen LogP contribution in [0.2, 0.25) is 0 Å². The maximum absolute atomic E-state index is 12.5. The Balaban J connectivity index is 1.98. The van der Waals surface area contributed by atoms with Crippen molar-refractivity contribution in [3.05, 3.63) is 41.3 Å². The molecule has 0 spiro atoms. The summed E-state index contributed by atoms with van der Waals surface area (Å²) < 4.78 is 30.0. The molecule has 118 valence electrons. The molecule has 0 saturated heterocycles. The molecule has 0 saturated carbocycles. The van der Waals surface area contributed by atoms with E-state index in [0.29, 0.717) is 34.5 Å². The highest BCUT2D eigenvalue weighted by atomic mass is 32.2. The fourth-order valence-corrected chi connectivity index (χ4v) is 2.67. The van der Waals surface area contributed by atoms with Crippen LogP contribution in [0.3, 0.4) is 0 Å². The van der Waals surface area contributed by atoms with E-state index < -0.39 is 5.76 Å². The van der Waals surface area contributed by atoms with E-state index in [9.17, 15) is 13.6 Å². The number of hydrogen-bond acceptors (Lipinski definition) is 4. The minimum absolute atomic E-state index is 0.233. The van der Waals surface area contributed by atoms with Gasteiger partial charge in [-0.3, -0.25) is 4.79 Å². The van der Waals surface area contributed by atoms with Gasteiger partial charge in [0.25, 0.3) is 5.76 Å². The third kappa shape index (κ3) is 4.30. The molecule has 1 heterocycles. The van der Waals surface area contributed by atoms with Crippen LogP contribution in [-0.2, 0) is 11.2 Å². The summed E-state index contributed by atoms with van der Waals surface area (Å²) in [5.74, 6) is -2.07. The van der Waals surface area contributed by atoms with Crippen molar-refractivity contribution in [2.45, 2.75) is 37.3 Å². The van der Waals surface area contributed by atoms with Crippen LogP contribution >= 0.6 is 11.8 Å². The molecule has 22 heavy (non-hydrogen) atoms. The number of para-hydroxylation sites is 1. The van der Waals surface area contributed by atoms with Gasteiger partial charge in [-0.1, -0.05) is 29.1 Å². The molecule has 0 atom stereocenters. The maximum atomic E-state index is 12.5. The largest absolute Gasteiger partial charge is 0.361 e. The number of amides is 1. The molecule has 0 aliphatic heterocycles. The molecule has 2 aromatic rings. The van der Waals surface area contributed by atoms with Crippen molar-refractivity contribution in [3.8, 4) is 0 Å². The molecule has 7 heteroatoms. The Kier molecular flexibility index (Phi) is 5.54. The molecular formula is C15H16F2N2O2S. The van der Waals surface area contributed by atoms with Gasteiger partial charge in [0.1, 0.15) is 5.76 Å². The Morgan fingerprint density at radius 3 is 2.73 bits per heavy atom. The SMILES string of the molecule is Cc1noc(C)c1CCC(=O)Nc1ccccc1SC(F)F. The van der Waals surface area contributed by atoms with E-state index in [-0.39, 0.29) is 12.3 Å². The Morgan fingerprint density at radius 1 is 1.36 bits per heavy atom. The normalized spacial score (nSPS) is 11.0. The highest BCUT2D eigenvalue weighted by molar-refractivity contribution is 7.99. The maximum Gasteiger partial charge on any atom is 0.288 e. The number of aryl methyl sites for hydroxylation is 2. The van der Waals surface area contributed by atoms with E-state index >= 15 is 0 Å². The zero-order valence-electron chi connectivity index (χ0n) is 12.2. The molecule has 0 radical (unpaired) electrons. The van der Waals surface area contributed by atoms with Crippen molar-refractivity contribution < 1.29 is 18.1 Å². The quantitative estimate of drug-likeness (QED) is 0.809. The zero-order valence-corrected chi connectivity index (χ0v) is 13.0. The van der Waals surface area contributed by atoms with Crippen molar-refractivity contribution in [3.63, 3.8) is 0 Å². The predicted octanol–water partition coefficient (Wildman–Crippen LogP) is 4.18. The first-order valence-electron chi connectivity index (χ1n) is 6.73. The number of benzene rings is 1. The zero-order chi connectivity index (χ0) is 16.1. The van der Waals surface area contributed by atoms with Gasteiger partial charge in [0.05, 0.1) is 11.4 Å². The van der Waals surface area contributed by atoms with Crippen molar-refractivity contribution in [2.24, 2.45) is 0 Å². The van der Waals surface area contributed by atoms with Gasteiger partial charge in [0, 0.05) is 16.9 Å². The molecule has 1 N–H and O–H groups in total. The number of halogens is 2.